The normalized spacial score (nSPS) is 10.8. The van der Waals surface area contributed by atoms with Crippen LogP contribution in [0.1, 0.15) is 16.9 Å². The monoisotopic (exact) mass is 224 g/mol. The predicted molar refractivity (Wildman–Crippen MR) is 55.0 cm³/mol. The van der Waals surface area contributed by atoms with Crippen LogP contribution in [-0.2, 0) is 6.42 Å². The molecule has 2 rings (SSSR count). The van der Waals surface area contributed by atoms with Crippen molar-refractivity contribution >= 4 is 24.1 Å². The topological polar surface area (TPSA) is 0 Å². The fourth-order valence-corrected chi connectivity index (χ4v) is 4.08. The fraction of sp³-hybridized carbons (Fsp3) is 0.273. The molecule has 0 atom stereocenters. The first-order chi connectivity index (χ1) is 5.83. The molecule has 1 aromatic carbocycles. The van der Waals surface area contributed by atoms with E-state index in [0.717, 1.165) is 0 Å². The molecule has 0 aliphatic heterocycles. The van der Waals surface area contributed by atoms with Gasteiger partial charge in [-0.25, -0.2) is 0 Å². The molecule has 1 heterocycles. The predicted octanol–water partition coefficient (Wildman–Crippen LogP) is 2.77. The van der Waals surface area contributed by atoms with Crippen LogP contribution in [0.15, 0.2) is 24.3 Å². The maximum absolute atomic E-state index is 2.28. The van der Waals surface area contributed by atoms with Crippen molar-refractivity contribution in [1.29, 1.82) is 0 Å². The van der Waals surface area contributed by atoms with Gasteiger partial charge in [-0.2, -0.15) is 0 Å². The second kappa shape index (κ2) is 3.08. The third-order valence-electron chi connectivity index (χ3n) is 2.25. The molecule has 0 saturated heterocycles. The van der Waals surface area contributed by atoms with Crippen molar-refractivity contribution in [2.24, 2.45) is 0 Å². The van der Waals surface area contributed by atoms with Crippen LogP contribution >= 0.6 is 0 Å². The van der Waals surface area contributed by atoms with E-state index in [1.807, 2.05) is 0 Å². The summed E-state index contributed by atoms with van der Waals surface area (Å²) in [5.41, 5.74) is 1.59. The van der Waals surface area contributed by atoms with Crippen LogP contribution in [0.2, 0.25) is 0 Å². The molecular weight excluding hydrogens is 211 g/mol. The first-order valence-corrected chi connectivity index (χ1v) is 6.01. The average molecular weight is 223 g/mol. The van der Waals surface area contributed by atoms with Gasteiger partial charge in [0.05, 0.1) is 0 Å². The molecule has 0 nitrogen and oxygen atoms in total. The Hall–Kier alpha value is -0.521. The van der Waals surface area contributed by atoms with Gasteiger partial charge in [0.15, 0.2) is 0 Å². The molecule has 0 radical (unpaired) electrons. The third kappa shape index (κ3) is 1.14. The number of aryl methyl sites for hydroxylation is 2. The molecule has 1 aromatic heterocycles. The first-order valence-electron chi connectivity index (χ1n) is 4.30. The standard InChI is InChI=1S/C11H12Se/c1-3-9-8(2)12-11-7-5-4-6-10(9)11/h4-7H,3H2,1-2H3. The van der Waals surface area contributed by atoms with E-state index in [1.165, 1.54) is 11.8 Å². The summed E-state index contributed by atoms with van der Waals surface area (Å²) in [6.45, 7) is 4.52. The minimum atomic E-state index is 0.613. The average Bonchev–Trinajstić information content (AvgIpc) is 2.40. The van der Waals surface area contributed by atoms with Crippen molar-refractivity contribution in [1.82, 2.24) is 0 Å². The Balaban J connectivity index is 2.81. The summed E-state index contributed by atoms with van der Waals surface area (Å²) >= 11 is 0.613. The second-order valence-electron chi connectivity index (χ2n) is 2.99. The first kappa shape index (κ1) is 8.09. The Morgan fingerprint density at radius 2 is 2.00 bits per heavy atom. The molecule has 0 spiro atoms. The van der Waals surface area contributed by atoms with Crippen molar-refractivity contribution in [2.75, 3.05) is 0 Å². The molecule has 12 heavy (non-hydrogen) atoms. The Bertz CT molecular complexity index is 398. The van der Waals surface area contributed by atoms with E-state index >= 15 is 0 Å². The number of fused-ring (bicyclic) bond motifs is 1. The summed E-state index contributed by atoms with van der Waals surface area (Å²) in [6.07, 6.45) is 1.19. The van der Waals surface area contributed by atoms with E-state index in [9.17, 15) is 0 Å². The molecule has 0 bridgehead atoms. The molecule has 0 aliphatic rings. The van der Waals surface area contributed by atoms with Gasteiger partial charge in [0.1, 0.15) is 0 Å². The van der Waals surface area contributed by atoms with Crippen LogP contribution in [-0.4, -0.2) is 14.5 Å². The van der Waals surface area contributed by atoms with Gasteiger partial charge >= 0.3 is 78.7 Å². The number of benzene rings is 1. The Labute approximate surface area is 79.0 Å². The zero-order valence-corrected chi connectivity index (χ0v) is 9.14. The van der Waals surface area contributed by atoms with Crippen molar-refractivity contribution in [3.8, 4) is 0 Å². The van der Waals surface area contributed by atoms with E-state index in [4.69, 9.17) is 0 Å². The number of hydrogen-bond acceptors (Lipinski definition) is 0. The summed E-state index contributed by atoms with van der Waals surface area (Å²) in [5.74, 6) is 0. The van der Waals surface area contributed by atoms with Crippen LogP contribution in [0.25, 0.3) is 9.65 Å². The zero-order chi connectivity index (χ0) is 8.55. The maximum atomic E-state index is 2.28. The second-order valence-corrected chi connectivity index (χ2v) is 5.62. The molecule has 0 N–H and O–H groups in total. The summed E-state index contributed by atoms with van der Waals surface area (Å²) in [4.78, 5) is 0. The van der Waals surface area contributed by atoms with E-state index in [0.29, 0.717) is 14.5 Å². The van der Waals surface area contributed by atoms with Gasteiger partial charge in [0.2, 0.25) is 0 Å². The summed E-state index contributed by atoms with van der Waals surface area (Å²) in [5, 5.41) is 1.51. The Morgan fingerprint density at radius 3 is 2.75 bits per heavy atom. The van der Waals surface area contributed by atoms with Crippen molar-refractivity contribution in [3.63, 3.8) is 0 Å². The van der Waals surface area contributed by atoms with Gasteiger partial charge in [0, 0.05) is 0 Å². The van der Waals surface area contributed by atoms with E-state index in [1.54, 1.807) is 14.3 Å². The van der Waals surface area contributed by atoms with Crippen molar-refractivity contribution in [3.05, 3.63) is 34.3 Å². The van der Waals surface area contributed by atoms with Crippen molar-refractivity contribution < 1.29 is 0 Å². The molecule has 62 valence electrons. The van der Waals surface area contributed by atoms with Gasteiger partial charge in [-0.05, 0) is 0 Å². The van der Waals surface area contributed by atoms with Gasteiger partial charge in [-0.1, -0.05) is 0 Å². The van der Waals surface area contributed by atoms with E-state index in [2.05, 4.69) is 38.1 Å². The zero-order valence-electron chi connectivity index (χ0n) is 7.42. The fourth-order valence-electron chi connectivity index (χ4n) is 1.66. The number of hydrogen-bond donors (Lipinski definition) is 0. The van der Waals surface area contributed by atoms with Crippen LogP contribution < -0.4 is 0 Å². The molecule has 0 saturated carbocycles. The molecule has 0 fully saturated rings. The SMILES string of the molecule is CCc1c(C)[se]c2ccccc12. The Kier molecular flexibility index (Phi) is 2.08. The van der Waals surface area contributed by atoms with Crippen LogP contribution in [0, 0.1) is 6.92 Å². The van der Waals surface area contributed by atoms with Gasteiger partial charge in [0.25, 0.3) is 0 Å². The third-order valence-corrected chi connectivity index (χ3v) is 4.62. The Morgan fingerprint density at radius 1 is 1.25 bits per heavy atom. The van der Waals surface area contributed by atoms with Crippen LogP contribution in [0.4, 0.5) is 0 Å². The molecule has 0 aliphatic carbocycles. The molecule has 1 heteroatoms. The number of rotatable bonds is 1. The molecule has 2 aromatic rings. The van der Waals surface area contributed by atoms with E-state index < -0.39 is 0 Å². The summed E-state index contributed by atoms with van der Waals surface area (Å²) in [7, 11) is 0. The van der Waals surface area contributed by atoms with Crippen LogP contribution in [0.5, 0.6) is 0 Å². The quantitative estimate of drug-likeness (QED) is 0.652. The van der Waals surface area contributed by atoms with Crippen molar-refractivity contribution in [2.45, 2.75) is 20.3 Å². The summed E-state index contributed by atoms with van der Waals surface area (Å²) < 4.78 is 3.19. The molecular formula is C11H12Se. The molecule has 0 amide bonds. The summed E-state index contributed by atoms with van der Waals surface area (Å²) in [6, 6.07) is 8.81. The van der Waals surface area contributed by atoms with Gasteiger partial charge in [-0.15, -0.1) is 0 Å². The van der Waals surface area contributed by atoms with Gasteiger partial charge < -0.3 is 0 Å². The van der Waals surface area contributed by atoms with Crippen LogP contribution in [0.3, 0.4) is 0 Å². The van der Waals surface area contributed by atoms with E-state index in [-0.39, 0.29) is 0 Å². The molecule has 0 unspecified atom stereocenters. The van der Waals surface area contributed by atoms with Gasteiger partial charge in [-0.3, -0.25) is 0 Å². The minimum absolute atomic E-state index is 0.613.